The summed E-state index contributed by atoms with van der Waals surface area (Å²) in [6.07, 6.45) is 1.54. The largest absolute Gasteiger partial charge is 0.469 e. The van der Waals surface area contributed by atoms with E-state index in [2.05, 4.69) is 4.90 Å². The van der Waals surface area contributed by atoms with Gasteiger partial charge in [0.1, 0.15) is 0 Å². The molecule has 2 aliphatic rings. The second kappa shape index (κ2) is 7.04. The van der Waals surface area contributed by atoms with Crippen molar-refractivity contribution in [1.82, 2.24) is 9.80 Å². The van der Waals surface area contributed by atoms with Crippen molar-refractivity contribution in [1.29, 1.82) is 0 Å². The second-order valence-electron chi connectivity index (χ2n) is 5.45. The predicted molar refractivity (Wildman–Crippen MR) is 73.2 cm³/mol. The third kappa shape index (κ3) is 3.49. The maximum atomic E-state index is 12.4. The fraction of sp³-hybridized carbons (Fsp3) is 0.857. The highest BCUT2D eigenvalue weighted by Gasteiger charge is 2.32. The Morgan fingerprint density at radius 1 is 1.15 bits per heavy atom. The average molecular weight is 284 g/mol. The molecule has 2 aliphatic heterocycles. The lowest BCUT2D eigenvalue weighted by Gasteiger charge is -2.37. The molecule has 20 heavy (non-hydrogen) atoms. The van der Waals surface area contributed by atoms with Crippen molar-refractivity contribution in [3.63, 3.8) is 0 Å². The van der Waals surface area contributed by atoms with Crippen molar-refractivity contribution >= 4 is 11.9 Å². The minimum atomic E-state index is -0.128. The summed E-state index contributed by atoms with van der Waals surface area (Å²) in [7, 11) is 1.43. The third-order valence-electron chi connectivity index (χ3n) is 4.29. The Bertz CT molecular complexity index is 347. The van der Waals surface area contributed by atoms with Crippen molar-refractivity contribution in [2.75, 3.05) is 46.5 Å². The van der Waals surface area contributed by atoms with Crippen molar-refractivity contribution < 1.29 is 19.1 Å². The Hall–Kier alpha value is -1.14. The highest BCUT2D eigenvalue weighted by molar-refractivity contribution is 5.81. The summed E-state index contributed by atoms with van der Waals surface area (Å²) in [6.45, 7) is 6.12. The average Bonchev–Trinajstić information content (AvgIpc) is 2.53. The van der Waals surface area contributed by atoms with Gasteiger partial charge in [-0.1, -0.05) is 0 Å². The topological polar surface area (TPSA) is 59.1 Å². The number of carbonyl (C=O) groups excluding carboxylic acids is 2. The van der Waals surface area contributed by atoms with Crippen molar-refractivity contribution in [3.05, 3.63) is 0 Å². The molecule has 0 aromatic heterocycles. The maximum absolute atomic E-state index is 12.4. The molecule has 1 unspecified atom stereocenters. The zero-order chi connectivity index (χ0) is 14.5. The number of hydrogen-bond donors (Lipinski definition) is 0. The lowest BCUT2D eigenvalue weighted by molar-refractivity contribution is -0.148. The lowest BCUT2D eigenvalue weighted by Crippen LogP contribution is -2.52. The van der Waals surface area contributed by atoms with Crippen LogP contribution in [0.25, 0.3) is 0 Å². The van der Waals surface area contributed by atoms with E-state index in [9.17, 15) is 9.59 Å². The molecule has 2 rings (SSSR count). The molecule has 2 fully saturated rings. The van der Waals surface area contributed by atoms with Gasteiger partial charge >= 0.3 is 5.97 Å². The van der Waals surface area contributed by atoms with Crippen LogP contribution in [0.1, 0.15) is 19.8 Å². The number of carbonyl (C=O) groups is 2. The summed E-state index contributed by atoms with van der Waals surface area (Å²) in [5.74, 6) is 0.0311. The van der Waals surface area contributed by atoms with Crippen LogP contribution >= 0.6 is 0 Å². The molecule has 6 heteroatoms. The molecule has 1 amide bonds. The van der Waals surface area contributed by atoms with Gasteiger partial charge in [0.2, 0.25) is 5.91 Å². The number of ether oxygens (including phenoxy) is 2. The van der Waals surface area contributed by atoms with Crippen LogP contribution in [0.15, 0.2) is 0 Å². The lowest BCUT2D eigenvalue weighted by atomic mass is 9.96. The highest BCUT2D eigenvalue weighted by Crippen LogP contribution is 2.21. The van der Waals surface area contributed by atoms with Crippen LogP contribution < -0.4 is 0 Å². The Labute approximate surface area is 120 Å². The monoisotopic (exact) mass is 284 g/mol. The molecule has 114 valence electrons. The normalized spacial score (nSPS) is 23.4. The molecule has 0 spiro atoms. The first-order valence-corrected chi connectivity index (χ1v) is 7.32. The van der Waals surface area contributed by atoms with E-state index in [1.807, 2.05) is 11.8 Å². The van der Waals surface area contributed by atoms with E-state index < -0.39 is 0 Å². The SMILES string of the molecule is COC(=O)C1CCN(C(C)C(=O)N2CCOCC2)CC1. The summed E-state index contributed by atoms with van der Waals surface area (Å²) < 4.78 is 10.1. The zero-order valence-electron chi connectivity index (χ0n) is 12.3. The summed E-state index contributed by atoms with van der Waals surface area (Å²) in [6, 6.07) is -0.119. The molecule has 2 saturated heterocycles. The van der Waals surface area contributed by atoms with Crippen LogP contribution in [0, 0.1) is 5.92 Å². The van der Waals surface area contributed by atoms with Crippen LogP contribution in [-0.2, 0) is 19.1 Å². The fourth-order valence-corrected chi connectivity index (χ4v) is 2.89. The first kappa shape index (κ1) is 15.3. The molecule has 0 aromatic carbocycles. The number of amides is 1. The minimum Gasteiger partial charge on any atom is -0.469 e. The summed E-state index contributed by atoms with van der Waals surface area (Å²) in [5, 5.41) is 0. The molecule has 2 heterocycles. The molecule has 0 aliphatic carbocycles. The molecule has 6 nitrogen and oxygen atoms in total. The minimum absolute atomic E-state index is 0.0121. The molecule has 0 radical (unpaired) electrons. The van der Waals surface area contributed by atoms with Gasteiger partial charge in [-0.15, -0.1) is 0 Å². The molecular weight excluding hydrogens is 260 g/mol. The van der Waals surface area contributed by atoms with Crippen LogP contribution in [0.5, 0.6) is 0 Å². The first-order valence-electron chi connectivity index (χ1n) is 7.32. The second-order valence-corrected chi connectivity index (χ2v) is 5.45. The van der Waals surface area contributed by atoms with Gasteiger partial charge in [-0.05, 0) is 32.9 Å². The van der Waals surface area contributed by atoms with Crippen molar-refractivity contribution in [3.8, 4) is 0 Å². The van der Waals surface area contributed by atoms with Gasteiger partial charge in [-0.2, -0.15) is 0 Å². The zero-order valence-corrected chi connectivity index (χ0v) is 12.3. The molecule has 0 bridgehead atoms. The highest BCUT2D eigenvalue weighted by atomic mass is 16.5. The Kier molecular flexibility index (Phi) is 5.37. The van der Waals surface area contributed by atoms with Crippen LogP contribution in [0.2, 0.25) is 0 Å². The van der Waals surface area contributed by atoms with Gasteiger partial charge in [-0.25, -0.2) is 0 Å². The van der Waals surface area contributed by atoms with Gasteiger partial charge in [0.05, 0.1) is 32.3 Å². The van der Waals surface area contributed by atoms with Gasteiger partial charge in [0.25, 0.3) is 0 Å². The number of rotatable bonds is 3. The van der Waals surface area contributed by atoms with Gasteiger partial charge in [0.15, 0.2) is 0 Å². The molecule has 0 aromatic rings. The number of likely N-dealkylation sites (tertiary alicyclic amines) is 1. The van der Waals surface area contributed by atoms with Crippen LogP contribution in [0.4, 0.5) is 0 Å². The number of hydrogen-bond acceptors (Lipinski definition) is 5. The van der Waals surface area contributed by atoms with Gasteiger partial charge in [0, 0.05) is 13.1 Å². The number of nitrogens with zero attached hydrogens (tertiary/aromatic N) is 2. The number of piperidine rings is 1. The predicted octanol–water partition coefficient (Wildman–Crippen LogP) is 0.119. The summed E-state index contributed by atoms with van der Waals surface area (Å²) >= 11 is 0. The van der Waals surface area contributed by atoms with E-state index in [4.69, 9.17) is 9.47 Å². The van der Waals surface area contributed by atoms with E-state index in [0.717, 1.165) is 25.9 Å². The molecule has 1 atom stereocenters. The summed E-state index contributed by atoms with van der Waals surface area (Å²) in [4.78, 5) is 27.9. The van der Waals surface area contributed by atoms with E-state index in [1.54, 1.807) is 0 Å². The molecule has 0 saturated carbocycles. The summed E-state index contributed by atoms with van der Waals surface area (Å²) in [5.41, 5.74) is 0. The molecular formula is C14H24N2O4. The number of esters is 1. The quantitative estimate of drug-likeness (QED) is 0.689. The van der Waals surface area contributed by atoms with E-state index in [0.29, 0.717) is 26.3 Å². The number of methoxy groups -OCH3 is 1. The first-order chi connectivity index (χ1) is 9.63. The van der Waals surface area contributed by atoms with E-state index >= 15 is 0 Å². The Balaban J connectivity index is 1.83. The van der Waals surface area contributed by atoms with E-state index in [1.165, 1.54) is 7.11 Å². The van der Waals surface area contributed by atoms with Crippen LogP contribution in [-0.4, -0.2) is 74.2 Å². The van der Waals surface area contributed by atoms with E-state index in [-0.39, 0.29) is 23.8 Å². The smallest absolute Gasteiger partial charge is 0.308 e. The van der Waals surface area contributed by atoms with Gasteiger partial charge in [-0.3, -0.25) is 14.5 Å². The van der Waals surface area contributed by atoms with Crippen molar-refractivity contribution in [2.24, 2.45) is 5.92 Å². The Morgan fingerprint density at radius 2 is 1.75 bits per heavy atom. The molecule has 0 N–H and O–H groups in total. The van der Waals surface area contributed by atoms with Crippen molar-refractivity contribution in [2.45, 2.75) is 25.8 Å². The van der Waals surface area contributed by atoms with Gasteiger partial charge < -0.3 is 14.4 Å². The number of morpholine rings is 1. The third-order valence-corrected chi connectivity index (χ3v) is 4.29. The standard InChI is InChI=1S/C14H24N2O4/c1-11(13(17)16-7-9-20-10-8-16)15-5-3-12(4-6-15)14(18)19-2/h11-12H,3-10H2,1-2H3. The maximum Gasteiger partial charge on any atom is 0.308 e. The van der Waals surface area contributed by atoms with Crippen LogP contribution in [0.3, 0.4) is 0 Å². The Morgan fingerprint density at radius 3 is 2.30 bits per heavy atom. The fourth-order valence-electron chi connectivity index (χ4n) is 2.89.